The number of hydrogen-bond donors (Lipinski definition) is 1. The van der Waals surface area contributed by atoms with E-state index in [1.165, 1.54) is 0 Å². The van der Waals surface area contributed by atoms with Crippen LogP contribution in [0.2, 0.25) is 0 Å². The van der Waals surface area contributed by atoms with Crippen LogP contribution in [0.5, 0.6) is 5.75 Å². The molecule has 4 heteroatoms. The molecule has 13 heavy (non-hydrogen) atoms. The maximum absolute atomic E-state index is 4.98. The molecule has 2 rings (SSSR count). The first-order valence-electron chi connectivity index (χ1n) is 3.46. The van der Waals surface area contributed by atoms with Gasteiger partial charge < -0.3 is 10.2 Å². The Bertz CT molecular complexity index is 442. The Morgan fingerprint density at radius 1 is 1.46 bits per heavy atom. The van der Waals surface area contributed by atoms with Gasteiger partial charge in [0.15, 0.2) is 0 Å². The van der Waals surface area contributed by atoms with Crippen molar-refractivity contribution >= 4 is 10.9 Å². The van der Waals surface area contributed by atoms with Gasteiger partial charge >= 0.3 is 0 Å². The summed E-state index contributed by atoms with van der Waals surface area (Å²) in [6.45, 7) is 0. The Kier molecular flexibility index (Phi) is 2.52. The molecule has 0 atom stereocenters. The molecular formula is C9H8N2O2. The van der Waals surface area contributed by atoms with Crippen LogP contribution in [0.3, 0.4) is 0 Å². The average molecular weight is 176 g/mol. The van der Waals surface area contributed by atoms with E-state index in [0.29, 0.717) is 5.75 Å². The Balaban J connectivity index is 0.000000845. The number of rotatable bonds is 1. The topological polar surface area (TPSA) is 69.4 Å². The first-order valence-corrected chi connectivity index (χ1v) is 3.46. The lowest BCUT2D eigenvalue weighted by Crippen LogP contribution is -1.80. The number of benzene rings is 1. The molecule has 66 valence electrons. The zero-order chi connectivity index (χ0) is 8.39. The van der Waals surface area contributed by atoms with E-state index in [-0.39, 0.29) is 5.48 Å². The van der Waals surface area contributed by atoms with Crippen molar-refractivity contribution < 1.29 is 10.2 Å². The fourth-order valence-corrected chi connectivity index (χ4v) is 1.05. The number of H-pyrrole nitrogens is 1. The minimum atomic E-state index is 0. The molecule has 1 aromatic carbocycles. The smallest absolute Gasteiger partial charge is 0.142 e. The van der Waals surface area contributed by atoms with Crippen molar-refractivity contribution in [3.05, 3.63) is 24.4 Å². The largest absolute Gasteiger partial charge is 0.412 e. The predicted molar refractivity (Wildman–Crippen MR) is 49.2 cm³/mol. The normalized spacial score (nSPS) is 8.85. The van der Waals surface area contributed by atoms with Gasteiger partial charge in [0.1, 0.15) is 11.9 Å². The Labute approximate surface area is 74.8 Å². The summed E-state index contributed by atoms with van der Waals surface area (Å²) in [5.41, 5.74) is 0.919. The van der Waals surface area contributed by atoms with Gasteiger partial charge in [-0.05, 0) is 12.1 Å². The predicted octanol–water partition coefficient (Wildman–Crippen LogP) is 0.708. The molecule has 0 aliphatic rings. The summed E-state index contributed by atoms with van der Waals surface area (Å²) in [6.07, 6.45) is 8.83. The van der Waals surface area contributed by atoms with E-state index < -0.39 is 0 Å². The fourth-order valence-electron chi connectivity index (χ4n) is 1.05. The van der Waals surface area contributed by atoms with Crippen molar-refractivity contribution in [2.24, 2.45) is 0 Å². The number of aromatic nitrogens is 2. The van der Waals surface area contributed by atoms with Crippen molar-refractivity contribution in [1.29, 1.82) is 0 Å². The summed E-state index contributed by atoms with van der Waals surface area (Å²) in [5.74, 6) is 0.647. The third-order valence-corrected chi connectivity index (χ3v) is 1.59. The highest BCUT2D eigenvalue weighted by Crippen LogP contribution is 2.17. The maximum atomic E-state index is 4.98. The van der Waals surface area contributed by atoms with Crippen LogP contribution in [0.1, 0.15) is 0 Å². The molecule has 0 saturated carbocycles. The number of hydrogen-bond acceptors (Lipinski definition) is 2. The SMILES string of the molecule is C#COc1ccc2cn[nH]c2c1.O. The van der Waals surface area contributed by atoms with Crippen LogP contribution in [0, 0.1) is 12.5 Å². The molecule has 0 bridgehead atoms. The molecule has 0 aliphatic heterocycles. The summed E-state index contributed by atoms with van der Waals surface area (Å²) in [6, 6.07) is 5.51. The van der Waals surface area contributed by atoms with Gasteiger partial charge in [0, 0.05) is 11.5 Å². The highest BCUT2D eigenvalue weighted by Gasteiger charge is 1.96. The molecule has 0 spiro atoms. The molecule has 1 aromatic heterocycles. The molecule has 0 aliphatic carbocycles. The van der Waals surface area contributed by atoms with Crippen LogP contribution in [-0.2, 0) is 0 Å². The first-order chi connectivity index (χ1) is 5.90. The van der Waals surface area contributed by atoms with Crippen LogP contribution >= 0.6 is 0 Å². The summed E-state index contributed by atoms with van der Waals surface area (Å²) in [5, 5.41) is 7.73. The minimum Gasteiger partial charge on any atom is -0.412 e. The zero-order valence-electron chi connectivity index (χ0n) is 6.74. The van der Waals surface area contributed by atoms with Gasteiger partial charge in [0.2, 0.25) is 0 Å². The number of terminal acetylenes is 1. The minimum absolute atomic E-state index is 0. The van der Waals surface area contributed by atoms with Crippen molar-refractivity contribution in [2.75, 3.05) is 0 Å². The Morgan fingerprint density at radius 3 is 3.08 bits per heavy atom. The summed E-state index contributed by atoms with van der Waals surface area (Å²) < 4.78 is 4.86. The summed E-state index contributed by atoms with van der Waals surface area (Å²) >= 11 is 0. The molecule has 0 unspecified atom stereocenters. The van der Waals surface area contributed by atoms with Crippen molar-refractivity contribution in [3.63, 3.8) is 0 Å². The van der Waals surface area contributed by atoms with E-state index in [2.05, 4.69) is 16.3 Å². The maximum Gasteiger partial charge on any atom is 0.142 e. The number of nitrogens with zero attached hydrogens (tertiary/aromatic N) is 1. The van der Waals surface area contributed by atoms with Gasteiger partial charge in [-0.2, -0.15) is 5.10 Å². The highest BCUT2D eigenvalue weighted by molar-refractivity contribution is 5.79. The zero-order valence-corrected chi connectivity index (χ0v) is 6.74. The van der Waals surface area contributed by atoms with E-state index in [1.54, 1.807) is 12.3 Å². The Hall–Kier alpha value is -1.99. The number of aromatic amines is 1. The molecular weight excluding hydrogens is 168 g/mol. The molecule has 0 radical (unpaired) electrons. The van der Waals surface area contributed by atoms with Crippen LogP contribution < -0.4 is 4.74 Å². The monoisotopic (exact) mass is 176 g/mol. The second-order valence-electron chi connectivity index (χ2n) is 2.34. The van der Waals surface area contributed by atoms with Crippen molar-refractivity contribution in [2.45, 2.75) is 0 Å². The highest BCUT2D eigenvalue weighted by atomic mass is 16.5. The molecule has 0 amide bonds. The van der Waals surface area contributed by atoms with E-state index in [4.69, 9.17) is 11.2 Å². The van der Waals surface area contributed by atoms with Crippen LogP contribution in [-0.4, -0.2) is 15.7 Å². The summed E-state index contributed by atoms with van der Waals surface area (Å²) in [4.78, 5) is 0. The standard InChI is InChI=1S/C9H6N2O.H2O/c1-2-12-8-4-3-7-6-10-11-9(7)5-8;/h1,3-6H,(H,10,11);1H2. The average Bonchev–Trinajstić information content (AvgIpc) is 2.51. The lowest BCUT2D eigenvalue weighted by Gasteiger charge is -1.95. The van der Waals surface area contributed by atoms with Crippen molar-refractivity contribution in [1.82, 2.24) is 10.2 Å². The molecule has 0 fully saturated rings. The third-order valence-electron chi connectivity index (χ3n) is 1.59. The summed E-state index contributed by atoms with van der Waals surface area (Å²) in [7, 11) is 0. The lowest BCUT2D eigenvalue weighted by atomic mass is 10.2. The molecule has 4 nitrogen and oxygen atoms in total. The molecule has 0 saturated heterocycles. The molecule has 3 N–H and O–H groups in total. The number of ether oxygens (including phenoxy) is 1. The van der Waals surface area contributed by atoms with E-state index in [1.807, 2.05) is 12.1 Å². The van der Waals surface area contributed by atoms with Gasteiger partial charge in [-0.25, -0.2) is 0 Å². The van der Waals surface area contributed by atoms with Crippen LogP contribution in [0.25, 0.3) is 10.9 Å². The Morgan fingerprint density at radius 2 is 2.31 bits per heavy atom. The van der Waals surface area contributed by atoms with Crippen LogP contribution in [0.4, 0.5) is 0 Å². The van der Waals surface area contributed by atoms with Crippen molar-refractivity contribution in [3.8, 4) is 18.3 Å². The van der Waals surface area contributed by atoms with Gasteiger partial charge in [-0.1, -0.05) is 6.42 Å². The van der Waals surface area contributed by atoms with Gasteiger partial charge in [0.05, 0.1) is 11.7 Å². The van der Waals surface area contributed by atoms with Gasteiger partial charge in [0.25, 0.3) is 0 Å². The van der Waals surface area contributed by atoms with E-state index in [0.717, 1.165) is 10.9 Å². The number of fused-ring (bicyclic) bond motifs is 1. The third kappa shape index (κ3) is 1.60. The van der Waals surface area contributed by atoms with E-state index in [9.17, 15) is 0 Å². The second kappa shape index (κ2) is 3.61. The molecule has 1 heterocycles. The first kappa shape index (κ1) is 9.10. The lowest BCUT2D eigenvalue weighted by molar-refractivity contribution is 0.521. The quantitative estimate of drug-likeness (QED) is 0.650. The fraction of sp³-hybridized carbons (Fsp3) is 0. The van der Waals surface area contributed by atoms with Crippen LogP contribution in [0.15, 0.2) is 24.4 Å². The number of nitrogens with one attached hydrogen (secondary N) is 1. The van der Waals surface area contributed by atoms with Gasteiger partial charge in [-0.15, -0.1) is 0 Å². The molecule has 2 aromatic rings. The van der Waals surface area contributed by atoms with Gasteiger partial charge in [-0.3, -0.25) is 5.10 Å². The van der Waals surface area contributed by atoms with E-state index >= 15 is 0 Å². The second-order valence-corrected chi connectivity index (χ2v) is 2.34.